The maximum atomic E-state index is 5.48. The Morgan fingerprint density at radius 3 is 2.76 bits per heavy atom. The zero-order valence-corrected chi connectivity index (χ0v) is 13.3. The van der Waals surface area contributed by atoms with Gasteiger partial charge < -0.3 is 9.88 Å². The van der Waals surface area contributed by atoms with E-state index in [0.29, 0.717) is 0 Å². The van der Waals surface area contributed by atoms with Crippen LogP contribution in [0.25, 0.3) is 0 Å². The van der Waals surface area contributed by atoms with Gasteiger partial charge in [-0.15, -0.1) is 0 Å². The van der Waals surface area contributed by atoms with Gasteiger partial charge in [0.1, 0.15) is 4.64 Å². The predicted octanol–water partition coefficient (Wildman–Crippen LogP) is 2.76. The summed E-state index contributed by atoms with van der Waals surface area (Å²) in [4.78, 5) is 12.3. The second-order valence-electron chi connectivity index (χ2n) is 5.66. The van der Waals surface area contributed by atoms with E-state index in [1.54, 1.807) is 0 Å². The monoisotopic (exact) mass is 300 g/mol. The molecule has 0 aliphatic carbocycles. The molecule has 0 saturated heterocycles. The number of hydrogen-bond acceptors (Lipinski definition) is 4. The maximum Gasteiger partial charge on any atom is 0.203 e. The molecule has 0 spiro atoms. The Hall–Kier alpha value is -1.72. The van der Waals surface area contributed by atoms with Crippen molar-refractivity contribution in [2.75, 3.05) is 25.5 Å². The summed E-state index contributed by atoms with van der Waals surface area (Å²) in [5, 5.41) is 0. The van der Waals surface area contributed by atoms with Crippen molar-refractivity contribution < 1.29 is 0 Å². The number of nitrogens with zero attached hydrogens (tertiary/aromatic N) is 3. The van der Waals surface area contributed by atoms with E-state index in [2.05, 4.69) is 45.2 Å². The average Bonchev–Trinajstić information content (AvgIpc) is 2.48. The summed E-state index contributed by atoms with van der Waals surface area (Å²) < 4.78 is 0.727. The van der Waals surface area contributed by atoms with Gasteiger partial charge in [0, 0.05) is 51.4 Å². The Kier molecular flexibility index (Phi) is 4.03. The number of hydrogen-bond donors (Lipinski definition) is 1. The van der Waals surface area contributed by atoms with Crippen LogP contribution < -0.4 is 4.90 Å². The first-order valence-corrected chi connectivity index (χ1v) is 7.60. The summed E-state index contributed by atoms with van der Waals surface area (Å²) in [5.74, 6) is 0.843. The zero-order valence-electron chi connectivity index (χ0n) is 12.5. The molecular formula is C16H20N4S. The molecule has 0 bridgehead atoms. The molecule has 2 aromatic rings. The number of nitrogens with one attached hydrogen (secondary N) is 1. The highest BCUT2D eigenvalue weighted by Crippen LogP contribution is 2.21. The van der Waals surface area contributed by atoms with Crippen LogP contribution in [0.5, 0.6) is 0 Å². The van der Waals surface area contributed by atoms with Crippen molar-refractivity contribution in [3.63, 3.8) is 0 Å². The summed E-state index contributed by atoms with van der Waals surface area (Å²) in [6.07, 6.45) is 0.995. The molecule has 1 aliphatic heterocycles. The molecule has 0 amide bonds. The molecule has 0 radical (unpaired) electrons. The van der Waals surface area contributed by atoms with Gasteiger partial charge in [-0.25, -0.2) is 4.98 Å². The molecule has 1 aromatic carbocycles. The van der Waals surface area contributed by atoms with Crippen molar-refractivity contribution in [3.8, 4) is 0 Å². The van der Waals surface area contributed by atoms with Gasteiger partial charge in [-0.3, -0.25) is 4.90 Å². The molecular weight excluding hydrogens is 280 g/mol. The summed E-state index contributed by atoms with van der Waals surface area (Å²) in [6.45, 7) is 2.88. The third kappa shape index (κ3) is 3.14. The lowest BCUT2D eigenvalue weighted by Crippen LogP contribution is -2.31. The second-order valence-corrected chi connectivity index (χ2v) is 6.05. The molecule has 0 atom stereocenters. The van der Waals surface area contributed by atoms with Crippen LogP contribution in [0.2, 0.25) is 0 Å². The predicted molar refractivity (Wildman–Crippen MR) is 88.0 cm³/mol. The van der Waals surface area contributed by atoms with Crippen molar-refractivity contribution in [1.82, 2.24) is 14.9 Å². The molecule has 0 fully saturated rings. The first-order valence-electron chi connectivity index (χ1n) is 7.19. The van der Waals surface area contributed by atoms with E-state index in [9.17, 15) is 0 Å². The van der Waals surface area contributed by atoms with Gasteiger partial charge in [-0.1, -0.05) is 42.5 Å². The Morgan fingerprint density at radius 2 is 2.05 bits per heavy atom. The fourth-order valence-electron chi connectivity index (χ4n) is 2.67. The van der Waals surface area contributed by atoms with Crippen molar-refractivity contribution in [3.05, 3.63) is 51.8 Å². The number of aromatic nitrogens is 2. The van der Waals surface area contributed by atoms with Crippen molar-refractivity contribution in [2.45, 2.75) is 19.5 Å². The smallest absolute Gasteiger partial charge is 0.203 e. The molecule has 0 saturated carbocycles. The summed E-state index contributed by atoms with van der Waals surface area (Å²) in [6, 6.07) is 10.6. The molecule has 2 heterocycles. The van der Waals surface area contributed by atoms with Crippen LogP contribution in [0.3, 0.4) is 0 Å². The highest BCUT2D eigenvalue weighted by atomic mass is 32.1. The summed E-state index contributed by atoms with van der Waals surface area (Å²) in [5.41, 5.74) is 3.76. The van der Waals surface area contributed by atoms with Crippen molar-refractivity contribution >= 4 is 18.2 Å². The van der Waals surface area contributed by atoms with Gasteiger partial charge in [-0.2, -0.15) is 0 Å². The molecule has 4 nitrogen and oxygen atoms in total. The average molecular weight is 300 g/mol. The van der Waals surface area contributed by atoms with Crippen LogP contribution in [0, 0.1) is 4.64 Å². The number of rotatable bonds is 3. The number of aromatic amines is 1. The lowest BCUT2D eigenvalue weighted by atomic mass is 10.1. The van der Waals surface area contributed by atoms with Crippen molar-refractivity contribution in [2.24, 2.45) is 0 Å². The van der Waals surface area contributed by atoms with Crippen LogP contribution in [-0.2, 0) is 19.5 Å². The summed E-state index contributed by atoms with van der Waals surface area (Å²) in [7, 11) is 3.95. The Morgan fingerprint density at radius 1 is 1.29 bits per heavy atom. The molecule has 1 aliphatic rings. The molecule has 3 rings (SSSR count). The highest BCUT2D eigenvalue weighted by molar-refractivity contribution is 7.71. The molecule has 1 aromatic heterocycles. The molecule has 110 valence electrons. The van der Waals surface area contributed by atoms with E-state index >= 15 is 0 Å². The Bertz CT molecular complexity index is 678. The second kappa shape index (κ2) is 5.95. The fourth-order valence-corrected chi connectivity index (χ4v) is 2.94. The van der Waals surface area contributed by atoms with E-state index in [1.807, 2.05) is 19.0 Å². The first kappa shape index (κ1) is 14.2. The molecule has 0 unspecified atom stereocenters. The van der Waals surface area contributed by atoms with Gasteiger partial charge >= 0.3 is 0 Å². The van der Waals surface area contributed by atoms with E-state index in [1.165, 1.54) is 16.8 Å². The number of fused-ring (bicyclic) bond motifs is 1. The topological polar surface area (TPSA) is 35.2 Å². The van der Waals surface area contributed by atoms with E-state index in [0.717, 1.165) is 36.6 Å². The Balaban J connectivity index is 1.81. The highest BCUT2D eigenvalue weighted by Gasteiger charge is 2.19. The normalized spacial score (nSPS) is 14.8. The van der Waals surface area contributed by atoms with Crippen LogP contribution in [0.4, 0.5) is 5.95 Å². The molecule has 21 heavy (non-hydrogen) atoms. The minimum atomic E-state index is 0.727. The number of H-pyrrole nitrogens is 1. The van der Waals surface area contributed by atoms with Gasteiger partial charge in [0.2, 0.25) is 5.95 Å². The third-order valence-electron chi connectivity index (χ3n) is 3.82. The van der Waals surface area contributed by atoms with Crippen LogP contribution in [-0.4, -0.2) is 35.5 Å². The molecule has 1 N–H and O–H groups in total. The Labute approximate surface area is 130 Å². The van der Waals surface area contributed by atoms with Crippen LogP contribution in [0.1, 0.15) is 16.8 Å². The van der Waals surface area contributed by atoms with Gasteiger partial charge in [0.15, 0.2) is 0 Å². The quantitative estimate of drug-likeness (QED) is 0.884. The number of benzene rings is 1. The SMILES string of the molecule is CN(C)c1nc(=S)c2c([nH]1)CCN(Cc1ccccc1)C2. The van der Waals surface area contributed by atoms with E-state index < -0.39 is 0 Å². The van der Waals surface area contributed by atoms with Gasteiger partial charge in [-0.05, 0) is 5.56 Å². The minimum absolute atomic E-state index is 0.727. The lowest BCUT2D eigenvalue weighted by molar-refractivity contribution is 0.242. The van der Waals surface area contributed by atoms with Crippen LogP contribution >= 0.6 is 12.2 Å². The minimum Gasteiger partial charge on any atom is -0.349 e. The summed E-state index contributed by atoms with van der Waals surface area (Å²) >= 11 is 5.48. The largest absolute Gasteiger partial charge is 0.349 e. The van der Waals surface area contributed by atoms with Crippen LogP contribution in [0.15, 0.2) is 30.3 Å². The third-order valence-corrected chi connectivity index (χ3v) is 4.16. The number of anilines is 1. The van der Waals surface area contributed by atoms with Gasteiger partial charge in [0.25, 0.3) is 0 Å². The van der Waals surface area contributed by atoms with Gasteiger partial charge in [0.05, 0.1) is 0 Å². The van der Waals surface area contributed by atoms with E-state index in [-0.39, 0.29) is 0 Å². The fraction of sp³-hybridized carbons (Fsp3) is 0.375. The van der Waals surface area contributed by atoms with E-state index in [4.69, 9.17) is 12.2 Å². The zero-order chi connectivity index (χ0) is 14.8. The van der Waals surface area contributed by atoms with Crippen molar-refractivity contribution in [1.29, 1.82) is 0 Å². The molecule has 5 heteroatoms. The first-order chi connectivity index (χ1) is 10.1. The maximum absolute atomic E-state index is 5.48. The standard InChI is InChI=1S/C16H20N4S/c1-19(2)16-17-14-8-9-20(11-13(14)15(21)18-16)10-12-6-4-3-5-7-12/h3-7H,8-11H2,1-2H3,(H,17,18,21). The lowest BCUT2D eigenvalue weighted by Gasteiger charge is -2.29.